The van der Waals surface area contributed by atoms with E-state index in [0.29, 0.717) is 6.54 Å². The molecular formula is C17H21N3O3S. The number of carbonyl (C=O) groups excluding carboxylic acids is 3. The molecule has 3 aliphatic rings. The number of hydrogen-bond acceptors (Lipinski definition) is 4. The van der Waals surface area contributed by atoms with Crippen LogP contribution in [0.15, 0.2) is 16.8 Å². The fraction of sp³-hybridized carbons (Fsp3) is 0.588. The highest BCUT2D eigenvalue weighted by atomic mass is 32.1. The molecule has 0 bridgehead atoms. The molecule has 2 aliphatic heterocycles. The number of likely N-dealkylation sites (tertiary alicyclic amines) is 1. The zero-order valence-corrected chi connectivity index (χ0v) is 14.5. The number of hydrogen-bond donors (Lipinski definition) is 1. The van der Waals surface area contributed by atoms with Crippen LogP contribution >= 0.6 is 11.3 Å². The molecule has 0 radical (unpaired) electrons. The van der Waals surface area contributed by atoms with Crippen molar-refractivity contribution in [1.82, 2.24) is 15.1 Å². The van der Waals surface area contributed by atoms with Gasteiger partial charge in [0.2, 0.25) is 5.91 Å². The number of urea groups is 1. The van der Waals surface area contributed by atoms with Gasteiger partial charge in [0.15, 0.2) is 0 Å². The van der Waals surface area contributed by atoms with Crippen molar-refractivity contribution in [1.29, 1.82) is 0 Å². The lowest BCUT2D eigenvalue weighted by molar-refractivity contribution is -0.139. The van der Waals surface area contributed by atoms with E-state index in [1.165, 1.54) is 0 Å². The first-order valence-electron chi connectivity index (χ1n) is 8.46. The molecule has 2 atom stereocenters. The second-order valence-corrected chi connectivity index (χ2v) is 7.88. The fourth-order valence-electron chi connectivity index (χ4n) is 3.90. The van der Waals surface area contributed by atoms with E-state index in [4.69, 9.17) is 0 Å². The van der Waals surface area contributed by atoms with Crippen LogP contribution in [0.1, 0.15) is 44.2 Å². The van der Waals surface area contributed by atoms with Crippen molar-refractivity contribution in [2.45, 2.75) is 44.2 Å². The van der Waals surface area contributed by atoms with Gasteiger partial charge in [0.05, 0.1) is 6.04 Å². The number of nitrogens with zero attached hydrogens (tertiary/aromatic N) is 2. The minimum Gasteiger partial charge on any atom is -0.334 e. The third kappa shape index (κ3) is 2.42. The van der Waals surface area contributed by atoms with Crippen LogP contribution in [-0.2, 0) is 9.59 Å². The Morgan fingerprint density at radius 1 is 1.38 bits per heavy atom. The van der Waals surface area contributed by atoms with Crippen LogP contribution in [0.25, 0.3) is 0 Å². The van der Waals surface area contributed by atoms with Crippen LogP contribution in [0, 0.1) is 5.92 Å². The Bertz CT molecular complexity index is 685. The Balaban J connectivity index is 1.48. The van der Waals surface area contributed by atoms with Gasteiger partial charge in [-0.1, -0.05) is 0 Å². The highest BCUT2D eigenvalue weighted by Crippen LogP contribution is 2.42. The molecule has 2 unspecified atom stereocenters. The van der Waals surface area contributed by atoms with Gasteiger partial charge < -0.3 is 10.2 Å². The molecule has 128 valence electrons. The highest BCUT2D eigenvalue weighted by molar-refractivity contribution is 7.08. The van der Waals surface area contributed by atoms with E-state index in [-0.39, 0.29) is 30.3 Å². The zero-order chi connectivity index (χ0) is 16.9. The first-order valence-corrected chi connectivity index (χ1v) is 9.40. The molecular weight excluding hydrogens is 326 g/mol. The second kappa shape index (κ2) is 5.58. The summed E-state index contributed by atoms with van der Waals surface area (Å²) in [5.74, 6) is -0.193. The Morgan fingerprint density at radius 2 is 2.17 bits per heavy atom. The lowest BCUT2D eigenvalue weighted by Crippen LogP contribution is -2.47. The van der Waals surface area contributed by atoms with Crippen LogP contribution in [0.3, 0.4) is 0 Å². The average Bonchev–Trinajstić information content (AvgIpc) is 3.00. The standard InChI is InChI=1S/C17H21N3O3S/c1-17(12-4-5-12)15(22)20(16(23)18-17)9-14(21)19-7-2-3-13(19)11-6-8-24-10-11/h6,8,10,12-13H,2-5,7,9H2,1H3,(H,18,23). The van der Waals surface area contributed by atoms with Gasteiger partial charge in [-0.2, -0.15) is 11.3 Å². The summed E-state index contributed by atoms with van der Waals surface area (Å²) in [5.41, 5.74) is 0.320. The third-order valence-corrected chi connectivity index (χ3v) is 6.19. The van der Waals surface area contributed by atoms with E-state index in [1.54, 1.807) is 18.3 Å². The molecule has 1 aromatic heterocycles. The Morgan fingerprint density at radius 3 is 2.83 bits per heavy atom. The minimum absolute atomic E-state index is 0.0688. The van der Waals surface area contributed by atoms with Crippen LogP contribution in [0.4, 0.5) is 4.79 Å². The van der Waals surface area contributed by atoms with E-state index >= 15 is 0 Å². The SMILES string of the molecule is CC1(C2CC2)NC(=O)N(CC(=O)N2CCCC2c2ccsc2)C1=O. The normalized spacial score (nSPS) is 30.1. The molecule has 1 N–H and O–H groups in total. The monoisotopic (exact) mass is 347 g/mol. The van der Waals surface area contributed by atoms with Gasteiger partial charge in [-0.15, -0.1) is 0 Å². The van der Waals surface area contributed by atoms with Crippen molar-refractivity contribution in [2.24, 2.45) is 5.92 Å². The zero-order valence-electron chi connectivity index (χ0n) is 13.7. The largest absolute Gasteiger partial charge is 0.334 e. The van der Waals surface area contributed by atoms with Crippen LogP contribution < -0.4 is 5.32 Å². The maximum atomic E-state index is 12.7. The molecule has 2 saturated heterocycles. The molecule has 3 heterocycles. The molecule has 4 rings (SSSR count). The van der Waals surface area contributed by atoms with Gasteiger partial charge in [0.25, 0.3) is 5.91 Å². The summed E-state index contributed by atoms with van der Waals surface area (Å²) in [4.78, 5) is 40.5. The average molecular weight is 347 g/mol. The van der Waals surface area contributed by atoms with Crippen molar-refractivity contribution < 1.29 is 14.4 Å². The number of nitrogens with one attached hydrogen (secondary N) is 1. The summed E-state index contributed by atoms with van der Waals surface area (Å²) in [6, 6.07) is 1.67. The molecule has 1 aromatic rings. The minimum atomic E-state index is -0.824. The first kappa shape index (κ1) is 15.6. The number of carbonyl (C=O) groups is 3. The van der Waals surface area contributed by atoms with Crippen molar-refractivity contribution in [3.63, 3.8) is 0 Å². The van der Waals surface area contributed by atoms with Crippen molar-refractivity contribution in [2.75, 3.05) is 13.1 Å². The predicted molar refractivity (Wildman–Crippen MR) is 89.4 cm³/mol. The van der Waals surface area contributed by atoms with Gasteiger partial charge in [-0.3, -0.25) is 14.5 Å². The molecule has 4 amide bonds. The van der Waals surface area contributed by atoms with Gasteiger partial charge in [0.1, 0.15) is 12.1 Å². The Labute approximate surface area is 144 Å². The number of amides is 4. The summed E-state index contributed by atoms with van der Waals surface area (Å²) in [7, 11) is 0. The number of rotatable bonds is 4. The summed E-state index contributed by atoms with van der Waals surface area (Å²) in [6.45, 7) is 2.30. The summed E-state index contributed by atoms with van der Waals surface area (Å²) < 4.78 is 0. The predicted octanol–water partition coefficient (Wildman–Crippen LogP) is 2.13. The Kier molecular flexibility index (Phi) is 3.63. The van der Waals surface area contributed by atoms with E-state index in [9.17, 15) is 14.4 Å². The maximum Gasteiger partial charge on any atom is 0.325 e. The van der Waals surface area contributed by atoms with Gasteiger partial charge in [-0.25, -0.2) is 4.79 Å². The van der Waals surface area contributed by atoms with Crippen molar-refractivity contribution in [3.8, 4) is 0 Å². The highest BCUT2D eigenvalue weighted by Gasteiger charge is 2.56. The van der Waals surface area contributed by atoms with E-state index < -0.39 is 11.6 Å². The van der Waals surface area contributed by atoms with Crippen LogP contribution in [0.2, 0.25) is 0 Å². The lowest BCUT2D eigenvalue weighted by atomic mass is 9.96. The molecule has 1 saturated carbocycles. The van der Waals surface area contributed by atoms with E-state index in [2.05, 4.69) is 10.7 Å². The lowest BCUT2D eigenvalue weighted by Gasteiger charge is -2.26. The molecule has 0 aromatic carbocycles. The fourth-order valence-corrected chi connectivity index (χ4v) is 4.61. The summed E-state index contributed by atoms with van der Waals surface area (Å²) in [5, 5.41) is 6.87. The van der Waals surface area contributed by atoms with Gasteiger partial charge in [-0.05, 0) is 60.9 Å². The van der Waals surface area contributed by atoms with E-state index in [0.717, 1.165) is 36.1 Å². The van der Waals surface area contributed by atoms with Gasteiger partial charge in [0, 0.05) is 6.54 Å². The number of imide groups is 1. The third-order valence-electron chi connectivity index (χ3n) is 5.49. The Hall–Kier alpha value is -1.89. The molecule has 7 heteroatoms. The quantitative estimate of drug-likeness (QED) is 0.848. The topological polar surface area (TPSA) is 69.7 Å². The first-order chi connectivity index (χ1) is 11.5. The molecule has 24 heavy (non-hydrogen) atoms. The smallest absolute Gasteiger partial charge is 0.325 e. The van der Waals surface area contributed by atoms with Crippen molar-refractivity contribution >= 4 is 29.2 Å². The molecule has 0 spiro atoms. The maximum absolute atomic E-state index is 12.7. The van der Waals surface area contributed by atoms with Crippen molar-refractivity contribution in [3.05, 3.63) is 22.4 Å². The van der Waals surface area contributed by atoms with E-state index in [1.807, 2.05) is 16.3 Å². The van der Waals surface area contributed by atoms with Crippen LogP contribution in [0.5, 0.6) is 0 Å². The molecule has 3 fully saturated rings. The molecule has 6 nitrogen and oxygen atoms in total. The van der Waals surface area contributed by atoms with Gasteiger partial charge >= 0.3 is 6.03 Å². The summed E-state index contributed by atoms with van der Waals surface area (Å²) in [6.07, 6.45) is 3.79. The summed E-state index contributed by atoms with van der Waals surface area (Å²) >= 11 is 1.62. The number of thiophene rings is 1. The molecule has 1 aliphatic carbocycles. The second-order valence-electron chi connectivity index (χ2n) is 7.10. The van der Waals surface area contributed by atoms with Crippen LogP contribution in [-0.4, -0.2) is 46.3 Å².